The largest absolute Gasteiger partial charge is 0.374 e. The maximum atomic E-state index is 12.7. The first-order valence-corrected chi connectivity index (χ1v) is 11.0. The number of sulfonamides is 1. The van der Waals surface area contributed by atoms with Crippen molar-refractivity contribution < 1.29 is 17.9 Å². The molecule has 0 bridgehead atoms. The Labute approximate surface area is 161 Å². The fraction of sp³-hybridized carbons (Fsp3) is 0.632. The third-order valence-corrected chi connectivity index (χ3v) is 6.41. The van der Waals surface area contributed by atoms with Gasteiger partial charge in [0.1, 0.15) is 0 Å². The van der Waals surface area contributed by atoms with Gasteiger partial charge in [0.2, 0.25) is 15.9 Å². The number of rotatable bonds is 6. The molecule has 3 rings (SSSR count). The molecule has 0 radical (unpaired) electrons. The summed E-state index contributed by atoms with van der Waals surface area (Å²) in [6.07, 6.45) is 0.531. The van der Waals surface area contributed by atoms with E-state index in [-0.39, 0.29) is 23.5 Å². The number of nitrogens with one attached hydrogen (secondary N) is 1. The van der Waals surface area contributed by atoms with Crippen molar-refractivity contribution in [3.05, 3.63) is 23.8 Å². The topological polar surface area (TPSA) is 79.0 Å². The third-order valence-electron chi connectivity index (χ3n) is 4.98. The molecule has 1 saturated heterocycles. The number of nitrogens with zero attached hydrogens (tertiary/aromatic N) is 2. The van der Waals surface area contributed by atoms with Crippen LogP contribution in [0.25, 0.3) is 0 Å². The normalized spacial score (nSPS) is 20.9. The fourth-order valence-electron chi connectivity index (χ4n) is 3.74. The van der Waals surface area contributed by atoms with E-state index in [0.29, 0.717) is 25.5 Å². The van der Waals surface area contributed by atoms with Gasteiger partial charge in [0.05, 0.1) is 17.6 Å². The van der Waals surface area contributed by atoms with Gasteiger partial charge in [0, 0.05) is 45.3 Å². The van der Waals surface area contributed by atoms with E-state index in [4.69, 9.17) is 4.74 Å². The molecule has 2 heterocycles. The minimum Gasteiger partial charge on any atom is -0.374 e. The Morgan fingerprint density at radius 2 is 2.11 bits per heavy atom. The van der Waals surface area contributed by atoms with Crippen LogP contribution >= 0.6 is 0 Å². The number of hydrogen-bond acceptors (Lipinski definition) is 5. The highest BCUT2D eigenvalue weighted by molar-refractivity contribution is 7.89. The lowest BCUT2D eigenvalue weighted by atomic mass is 10.2. The van der Waals surface area contributed by atoms with Crippen LogP contribution in [0.2, 0.25) is 0 Å². The van der Waals surface area contributed by atoms with Crippen molar-refractivity contribution in [1.29, 1.82) is 0 Å². The molecule has 0 saturated carbocycles. The van der Waals surface area contributed by atoms with Crippen LogP contribution in [0.5, 0.6) is 0 Å². The molecule has 1 aromatic carbocycles. The predicted molar refractivity (Wildman–Crippen MR) is 104 cm³/mol. The lowest BCUT2D eigenvalue weighted by molar-refractivity contribution is -0.116. The zero-order valence-corrected chi connectivity index (χ0v) is 17.1. The average Bonchev–Trinajstić information content (AvgIpc) is 3.03. The molecule has 0 aromatic heterocycles. The van der Waals surface area contributed by atoms with Crippen LogP contribution in [0.4, 0.5) is 5.69 Å². The second kappa shape index (κ2) is 8.26. The number of carbonyl (C=O) groups is 1. The number of fused-ring (bicyclic) bond motifs is 1. The second-order valence-corrected chi connectivity index (χ2v) is 9.48. The SMILES string of the molecule is CC(=O)N1CCc2cc(S(=O)(=O)NCC3CN(CC(C)C)CCO3)ccc21. The van der Waals surface area contributed by atoms with Gasteiger partial charge in [0.25, 0.3) is 0 Å². The molecule has 150 valence electrons. The Kier molecular flexibility index (Phi) is 6.20. The molecule has 1 unspecified atom stereocenters. The van der Waals surface area contributed by atoms with Crippen LogP contribution in [-0.4, -0.2) is 64.7 Å². The summed E-state index contributed by atoms with van der Waals surface area (Å²) < 4.78 is 33.8. The molecule has 0 spiro atoms. The molecular weight excluding hydrogens is 366 g/mol. The highest BCUT2D eigenvalue weighted by Crippen LogP contribution is 2.30. The standard InChI is InChI=1S/C19H29N3O4S/c1-14(2)12-21-8-9-26-17(13-21)11-20-27(24,25)18-4-5-19-16(10-18)6-7-22(19)15(3)23/h4-5,10,14,17,20H,6-9,11-13H2,1-3H3. The van der Waals surface area contributed by atoms with E-state index < -0.39 is 10.0 Å². The molecule has 1 atom stereocenters. The first-order chi connectivity index (χ1) is 12.8. The van der Waals surface area contributed by atoms with Crippen molar-refractivity contribution in [2.45, 2.75) is 38.2 Å². The van der Waals surface area contributed by atoms with Gasteiger partial charge in [-0.15, -0.1) is 0 Å². The average molecular weight is 396 g/mol. The van der Waals surface area contributed by atoms with Gasteiger partial charge < -0.3 is 9.64 Å². The van der Waals surface area contributed by atoms with Gasteiger partial charge in [-0.25, -0.2) is 13.1 Å². The molecule has 1 amide bonds. The molecule has 0 aliphatic carbocycles. The van der Waals surface area contributed by atoms with Crippen LogP contribution in [0, 0.1) is 5.92 Å². The van der Waals surface area contributed by atoms with E-state index in [2.05, 4.69) is 23.5 Å². The Morgan fingerprint density at radius 1 is 1.33 bits per heavy atom. The number of carbonyl (C=O) groups excluding carboxylic acids is 1. The van der Waals surface area contributed by atoms with E-state index in [0.717, 1.165) is 30.9 Å². The summed E-state index contributed by atoms with van der Waals surface area (Å²) in [6, 6.07) is 4.96. The van der Waals surface area contributed by atoms with Crippen LogP contribution in [0.15, 0.2) is 23.1 Å². The highest BCUT2D eigenvalue weighted by Gasteiger charge is 2.26. The molecule has 2 aliphatic heterocycles. The summed E-state index contributed by atoms with van der Waals surface area (Å²) in [6.45, 7) is 9.97. The Hall–Kier alpha value is -1.48. The minimum atomic E-state index is -3.61. The van der Waals surface area contributed by atoms with Gasteiger partial charge in [-0.1, -0.05) is 13.8 Å². The molecular formula is C19H29N3O4S. The Morgan fingerprint density at radius 3 is 2.81 bits per heavy atom. The van der Waals surface area contributed by atoms with Crippen LogP contribution in [0.3, 0.4) is 0 Å². The number of hydrogen-bond donors (Lipinski definition) is 1. The number of benzene rings is 1. The number of amides is 1. The van der Waals surface area contributed by atoms with E-state index in [1.807, 2.05) is 0 Å². The smallest absolute Gasteiger partial charge is 0.240 e. The first-order valence-electron chi connectivity index (χ1n) is 9.51. The molecule has 2 aliphatic rings. The fourth-order valence-corrected chi connectivity index (χ4v) is 4.86. The van der Waals surface area contributed by atoms with Gasteiger partial charge >= 0.3 is 0 Å². The first kappa shape index (κ1) is 20.3. The second-order valence-electron chi connectivity index (χ2n) is 7.71. The monoisotopic (exact) mass is 395 g/mol. The maximum Gasteiger partial charge on any atom is 0.240 e. The van der Waals surface area contributed by atoms with Crippen molar-refractivity contribution in [3.8, 4) is 0 Å². The summed E-state index contributed by atoms with van der Waals surface area (Å²) in [5, 5.41) is 0. The minimum absolute atomic E-state index is 0.0251. The van der Waals surface area contributed by atoms with Crippen molar-refractivity contribution in [2.24, 2.45) is 5.92 Å². The zero-order chi connectivity index (χ0) is 19.6. The van der Waals surface area contributed by atoms with Crippen molar-refractivity contribution >= 4 is 21.6 Å². The van der Waals surface area contributed by atoms with Crippen LogP contribution in [-0.2, 0) is 26.0 Å². The van der Waals surface area contributed by atoms with Crippen LogP contribution < -0.4 is 9.62 Å². The third kappa shape index (κ3) is 4.87. The summed E-state index contributed by atoms with van der Waals surface area (Å²) in [4.78, 5) is 15.9. The van der Waals surface area contributed by atoms with Crippen molar-refractivity contribution in [2.75, 3.05) is 44.2 Å². The van der Waals surface area contributed by atoms with E-state index in [1.165, 1.54) is 6.92 Å². The summed E-state index contributed by atoms with van der Waals surface area (Å²) in [5.41, 5.74) is 1.70. The molecule has 8 heteroatoms. The number of morpholine rings is 1. The summed E-state index contributed by atoms with van der Waals surface area (Å²) in [7, 11) is -3.61. The van der Waals surface area contributed by atoms with E-state index in [9.17, 15) is 13.2 Å². The molecule has 1 fully saturated rings. The quantitative estimate of drug-likeness (QED) is 0.784. The van der Waals surface area contributed by atoms with E-state index >= 15 is 0 Å². The van der Waals surface area contributed by atoms with Gasteiger partial charge in [-0.2, -0.15) is 0 Å². The van der Waals surface area contributed by atoms with Crippen molar-refractivity contribution in [1.82, 2.24) is 9.62 Å². The Balaban J connectivity index is 1.63. The predicted octanol–water partition coefficient (Wildman–Crippen LogP) is 1.23. The summed E-state index contributed by atoms with van der Waals surface area (Å²) in [5.74, 6) is 0.546. The molecule has 1 N–H and O–H groups in total. The molecule has 27 heavy (non-hydrogen) atoms. The molecule has 1 aromatic rings. The number of ether oxygens (including phenoxy) is 1. The van der Waals surface area contributed by atoms with Crippen molar-refractivity contribution in [3.63, 3.8) is 0 Å². The van der Waals surface area contributed by atoms with Gasteiger partial charge in [-0.3, -0.25) is 9.69 Å². The van der Waals surface area contributed by atoms with Crippen LogP contribution in [0.1, 0.15) is 26.3 Å². The van der Waals surface area contributed by atoms with E-state index in [1.54, 1.807) is 23.1 Å². The Bertz CT molecular complexity index is 794. The summed E-state index contributed by atoms with van der Waals surface area (Å²) >= 11 is 0. The van der Waals surface area contributed by atoms with Gasteiger partial charge in [-0.05, 0) is 36.1 Å². The highest BCUT2D eigenvalue weighted by atomic mass is 32.2. The zero-order valence-electron chi connectivity index (χ0n) is 16.3. The maximum absolute atomic E-state index is 12.7. The molecule has 7 nitrogen and oxygen atoms in total. The lowest BCUT2D eigenvalue weighted by Gasteiger charge is -2.33. The lowest BCUT2D eigenvalue weighted by Crippen LogP contribution is -2.48. The number of anilines is 1. The van der Waals surface area contributed by atoms with Gasteiger partial charge in [0.15, 0.2) is 0 Å².